The molecular weight excluding hydrogens is 382 g/mol. The first-order valence-electron chi connectivity index (χ1n) is 8.44. The van der Waals surface area contributed by atoms with Crippen LogP contribution in [0.2, 0.25) is 5.02 Å². The number of halogens is 1. The van der Waals surface area contributed by atoms with E-state index < -0.39 is 5.97 Å². The molecule has 0 atom stereocenters. The molecule has 3 aromatic rings. The van der Waals surface area contributed by atoms with E-state index in [0.29, 0.717) is 40.1 Å². The van der Waals surface area contributed by atoms with E-state index in [9.17, 15) is 4.79 Å². The standard InChI is InChI=1S/C19H18ClN5O3/c1-3-28-16-7-5-4-6-14(16)23-19-24-17(11-21-25-19)22-15-10-12(18(26)27-2)8-9-13(15)20/h4-11H,3H2,1-2H3,(H2,22,23,24,25). The maximum absolute atomic E-state index is 11.7. The van der Waals surface area contributed by atoms with Crippen LogP contribution in [0.15, 0.2) is 48.7 Å². The van der Waals surface area contributed by atoms with E-state index >= 15 is 0 Å². The third-order valence-electron chi connectivity index (χ3n) is 3.64. The number of hydrogen-bond acceptors (Lipinski definition) is 8. The van der Waals surface area contributed by atoms with Crippen LogP contribution >= 0.6 is 11.6 Å². The molecule has 2 aromatic carbocycles. The van der Waals surface area contributed by atoms with Gasteiger partial charge < -0.3 is 20.1 Å². The van der Waals surface area contributed by atoms with Crippen LogP contribution in [0, 0.1) is 0 Å². The Hall–Kier alpha value is -3.39. The largest absolute Gasteiger partial charge is 0.492 e. The lowest BCUT2D eigenvalue weighted by Gasteiger charge is -2.12. The Bertz CT molecular complexity index is 983. The summed E-state index contributed by atoms with van der Waals surface area (Å²) in [4.78, 5) is 16.1. The van der Waals surface area contributed by atoms with Gasteiger partial charge in [-0.2, -0.15) is 10.1 Å². The molecule has 0 aliphatic rings. The van der Waals surface area contributed by atoms with Gasteiger partial charge in [-0.25, -0.2) is 4.79 Å². The zero-order valence-corrected chi connectivity index (χ0v) is 16.0. The SMILES string of the molecule is CCOc1ccccc1Nc1nncc(Nc2cc(C(=O)OC)ccc2Cl)n1. The van der Waals surface area contributed by atoms with Crippen molar-refractivity contribution in [1.29, 1.82) is 0 Å². The van der Waals surface area contributed by atoms with Gasteiger partial charge >= 0.3 is 5.97 Å². The second-order valence-electron chi connectivity index (χ2n) is 5.53. The number of carbonyl (C=O) groups excluding carboxylic acids is 1. The lowest BCUT2D eigenvalue weighted by atomic mass is 10.2. The minimum absolute atomic E-state index is 0.275. The molecule has 0 spiro atoms. The number of nitrogens with zero attached hydrogens (tertiary/aromatic N) is 3. The van der Waals surface area contributed by atoms with Crippen LogP contribution in [0.4, 0.5) is 23.1 Å². The van der Waals surface area contributed by atoms with Crippen LogP contribution < -0.4 is 15.4 Å². The number of hydrogen-bond donors (Lipinski definition) is 2. The number of rotatable bonds is 7. The van der Waals surface area contributed by atoms with Crippen molar-refractivity contribution < 1.29 is 14.3 Å². The Kier molecular flexibility index (Phi) is 6.23. The zero-order chi connectivity index (χ0) is 19.9. The number of para-hydroxylation sites is 2. The fourth-order valence-corrected chi connectivity index (χ4v) is 2.56. The van der Waals surface area contributed by atoms with Crippen molar-refractivity contribution in [1.82, 2.24) is 15.2 Å². The third kappa shape index (κ3) is 4.66. The van der Waals surface area contributed by atoms with E-state index in [0.717, 1.165) is 0 Å². The topological polar surface area (TPSA) is 98.3 Å². The monoisotopic (exact) mass is 399 g/mol. The van der Waals surface area contributed by atoms with E-state index in [-0.39, 0.29) is 5.95 Å². The Morgan fingerprint density at radius 1 is 1.14 bits per heavy atom. The van der Waals surface area contributed by atoms with Crippen molar-refractivity contribution in [2.45, 2.75) is 6.92 Å². The minimum Gasteiger partial charge on any atom is -0.492 e. The van der Waals surface area contributed by atoms with Gasteiger partial charge in [0.05, 0.1) is 41.9 Å². The first-order valence-corrected chi connectivity index (χ1v) is 8.82. The number of ether oxygens (including phenoxy) is 2. The third-order valence-corrected chi connectivity index (χ3v) is 3.97. The molecule has 2 N–H and O–H groups in total. The molecule has 0 amide bonds. The fourth-order valence-electron chi connectivity index (χ4n) is 2.39. The highest BCUT2D eigenvalue weighted by Gasteiger charge is 2.11. The van der Waals surface area contributed by atoms with Crippen molar-refractivity contribution >= 4 is 40.7 Å². The average Bonchev–Trinajstić information content (AvgIpc) is 2.71. The predicted molar refractivity (Wildman–Crippen MR) is 107 cm³/mol. The Morgan fingerprint density at radius 2 is 1.96 bits per heavy atom. The molecule has 0 fully saturated rings. The van der Waals surface area contributed by atoms with Crippen molar-refractivity contribution in [3.63, 3.8) is 0 Å². The average molecular weight is 400 g/mol. The van der Waals surface area contributed by atoms with E-state index in [1.807, 2.05) is 31.2 Å². The molecule has 8 nitrogen and oxygen atoms in total. The minimum atomic E-state index is -0.463. The molecule has 0 radical (unpaired) electrons. The van der Waals surface area contributed by atoms with Crippen molar-refractivity contribution in [3.8, 4) is 5.75 Å². The number of benzene rings is 2. The summed E-state index contributed by atoms with van der Waals surface area (Å²) in [6, 6.07) is 12.2. The molecule has 28 heavy (non-hydrogen) atoms. The molecule has 1 heterocycles. The summed E-state index contributed by atoms with van der Waals surface area (Å²) >= 11 is 6.21. The van der Waals surface area contributed by atoms with E-state index in [4.69, 9.17) is 21.1 Å². The van der Waals surface area contributed by atoms with E-state index in [1.165, 1.54) is 13.3 Å². The second-order valence-corrected chi connectivity index (χ2v) is 5.94. The Morgan fingerprint density at radius 3 is 2.75 bits per heavy atom. The molecule has 3 rings (SSSR count). The van der Waals surface area contributed by atoms with Gasteiger partial charge in [-0.1, -0.05) is 23.7 Å². The highest BCUT2D eigenvalue weighted by atomic mass is 35.5. The summed E-state index contributed by atoms with van der Waals surface area (Å²) in [5, 5.41) is 14.5. The van der Waals surface area contributed by atoms with Gasteiger partial charge in [0.25, 0.3) is 0 Å². The number of methoxy groups -OCH3 is 1. The van der Waals surface area contributed by atoms with E-state index in [2.05, 4.69) is 25.8 Å². The van der Waals surface area contributed by atoms with Crippen molar-refractivity contribution in [3.05, 3.63) is 59.2 Å². The van der Waals surface area contributed by atoms with Gasteiger partial charge in [0.15, 0.2) is 5.82 Å². The molecule has 0 unspecified atom stereocenters. The summed E-state index contributed by atoms with van der Waals surface area (Å²) < 4.78 is 10.3. The highest BCUT2D eigenvalue weighted by Crippen LogP contribution is 2.28. The molecule has 1 aromatic heterocycles. The number of esters is 1. The first kappa shape index (κ1) is 19.4. The molecular formula is C19H18ClN5O3. The normalized spacial score (nSPS) is 10.2. The predicted octanol–water partition coefficient (Wildman–Crippen LogP) is 4.20. The van der Waals surface area contributed by atoms with Crippen LogP contribution in [0.25, 0.3) is 0 Å². The van der Waals surface area contributed by atoms with Gasteiger partial charge in [-0.15, -0.1) is 5.10 Å². The number of aromatic nitrogens is 3. The van der Waals surface area contributed by atoms with Gasteiger partial charge in [0.1, 0.15) is 5.75 Å². The molecule has 0 aliphatic carbocycles. The molecule has 0 saturated carbocycles. The van der Waals surface area contributed by atoms with Gasteiger partial charge in [-0.05, 0) is 37.3 Å². The van der Waals surface area contributed by atoms with Crippen LogP contribution in [-0.4, -0.2) is 34.9 Å². The summed E-state index contributed by atoms with van der Waals surface area (Å²) in [6.07, 6.45) is 1.45. The summed E-state index contributed by atoms with van der Waals surface area (Å²) in [5.74, 6) is 0.893. The molecule has 144 valence electrons. The first-order chi connectivity index (χ1) is 13.6. The Balaban J connectivity index is 1.82. The lowest BCUT2D eigenvalue weighted by molar-refractivity contribution is 0.0601. The number of anilines is 4. The molecule has 0 bridgehead atoms. The van der Waals surface area contributed by atoms with Gasteiger partial charge in [0.2, 0.25) is 5.95 Å². The van der Waals surface area contributed by atoms with Crippen molar-refractivity contribution in [2.24, 2.45) is 0 Å². The maximum atomic E-state index is 11.7. The summed E-state index contributed by atoms with van der Waals surface area (Å²) in [6.45, 7) is 2.44. The van der Waals surface area contributed by atoms with Crippen LogP contribution in [0.5, 0.6) is 5.75 Å². The second kappa shape index (κ2) is 9.01. The van der Waals surface area contributed by atoms with Crippen LogP contribution in [0.3, 0.4) is 0 Å². The smallest absolute Gasteiger partial charge is 0.337 e. The van der Waals surface area contributed by atoms with Crippen LogP contribution in [-0.2, 0) is 4.74 Å². The van der Waals surface area contributed by atoms with Gasteiger partial charge in [-0.3, -0.25) is 0 Å². The number of nitrogens with one attached hydrogen (secondary N) is 2. The van der Waals surface area contributed by atoms with Gasteiger partial charge in [0, 0.05) is 0 Å². The number of carbonyl (C=O) groups is 1. The fraction of sp³-hybridized carbons (Fsp3) is 0.158. The highest BCUT2D eigenvalue weighted by molar-refractivity contribution is 6.33. The Labute approximate surface area is 166 Å². The molecule has 0 aliphatic heterocycles. The molecule has 9 heteroatoms. The van der Waals surface area contributed by atoms with E-state index in [1.54, 1.807) is 18.2 Å². The quantitative estimate of drug-likeness (QED) is 0.570. The molecule has 0 saturated heterocycles. The summed E-state index contributed by atoms with van der Waals surface area (Å²) in [5.41, 5.74) is 1.57. The maximum Gasteiger partial charge on any atom is 0.337 e. The van der Waals surface area contributed by atoms with Crippen LogP contribution in [0.1, 0.15) is 17.3 Å². The lowest BCUT2D eigenvalue weighted by Crippen LogP contribution is -2.05. The van der Waals surface area contributed by atoms with Crippen molar-refractivity contribution in [2.75, 3.05) is 24.4 Å². The summed E-state index contributed by atoms with van der Waals surface area (Å²) in [7, 11) is 1.32. The zero-order valence-electron chi connectivity index (χ0n) is 15.3.